The molecule has 0 aliphatic heterocycles. The molecule has 1 aromatic heterocycles. The van der Waals surface area contributed by atoms with Gasteiger partial charge in [0.1, 0.15) is 0 Å². The van der Waals surface area contributed by atoms with Gasteiger partial charge in [-0.1, -0.05) is 17.7 Å². The van der Waals surface area contributed by atoms with Crippen LogP contribution < -0.4 is 0 Å². The molecule has 105 valence electrons. The minimum atomic E-state index is -4.39. The van der Waals surface area contributed by atoms with Crippen LogP contribution in [-0.4, -0.2) is 11.2 Å². The largest absolute Gasteiger partial charge is 0.416 e. The van der Waals surface area contributed by atoms with Crippen molar-refractivity contribution in [3.8, 4) is 11.3 Å². The van der Waals surface area contributed by atoms with Crippen molar-refractivity contribution in [1.29, 1.82) is 0 Å². The van der Waals surface area contributed by atoms with E-state index in [1.165, 1.54) is 17.8 Å². The van der Waals surface area contributed by atoms with Crippen molar-refractivity contribution in [1.82, 2.24) is 4.98 Å². The average molecular weight is 355 g/mol. The number of hydrogen-bond acceptors (Lipinski definition) is 2. The quantitative estimate of drug-likeness (QED) is 0.693. The summed E-state index contributed by atoms with van der Waals surface area (Å²) in [5, 5.41) is 0.0410. The Balaban J connectivity index is 0.00000200. The Kier molecular flexibility index (Phi) is 6.01. The zero-order valence-corrected chi connectivity index (χ0v) is 13.2. The first-order chi connectivity index (χ1) is 8.91. The summed E-state index contributed by atoms with van der Waals surface area (Å²) in [7, 11) is 0. The summed E-state index contributed by atoms with van der Waals surface area (Å²) in [6.45, 7) is 0. The van der Waals surface area contributed by atoms with Crippen molar-refractivity contribution in [3.05, 3.63) is 47.1 Å². The molecular formula is C13H9ClF3NSV. The molecule has 1 nitrogen and oxygen atoms in total. The molecule has 0 unspecified atom stereocenters. The van der Waals surface area contributed by atoms with Gasteiger partial charge in [-0.15, -0.1) is 11.8 Å². The molecular weight excluding hydrogens is 346 g/mol. The molecule has 2 rings (SSSR count). The number of nitrogens with zero attached hydrogens (tertiary/aromatic N) is 1. The standard InChI is InChI=1S/C13H9ClF3NS.V/c1-19-9-3-5-12(18-7-9)10-4-2-8(6-11(10)14)13(15,16)17;/h2-7H,1H3;. The minimum absolute atomic E-state index is 0. The first-order valence-electron chi connectivity index (χ1n) is 5.29. The summed E-state index contributed by atoms with van der Waals surface area (Å²) >= 11 is 7.44. The molecule has 0 bridgehead atoms. The zero-order chi connectivity index (χ0) is 14.0. The van der Waals surface area contributed by atoms with Gasteiger partial charge >= 0.3 is 6.18 Å². The predicted octanol–water partition coefficient (Wildman–Crippen LogP) is 5.14. The molecule has 0 aliphatic carbocycles. The first-order valence-corrected chi connectivity index (χ1v) is 6.89. The third kappa shape index (κ3) is 3.95. The second kappa shape index (κ2) is 6.90. The number of halogens is 4. The molecule has 1 radical (unpaired) electrons. The van der Waals surface area contributed by atoms with E-state index in [1.807, 2.05) is 12.3 Å². The van der Waals surface area contributed by atoms with Crippen LogP contribution in [0.25, 0.3) is 11.3 Å². The van der Waals surface area contributed by atoms with Crippen LogP contribution in [0.1, 0.15) is 5.56 Å². The third-order valence-corrected chi connectivity index (χ3v) is 3.57. The molecule has 2 aromatic rings. The van der Waals surface area contributed by atoms with Crippen LogP contribution in [0.5, 0.6) is 0 Å². The van der Waals surface area contributed by atoms with Crippen LogP contribution >= 0.6 is 23.4 Å². The van der Waals surface area contributed by atoms with Gasteiger partial charge in [0, 0.05) is 35.2 Å². The van der Waals surface area contributed by atoms with Crippen LogP contribution in [0.4, 0.5) is 13.2 Å². The van der Waals surface area contributed by atoms with Crippen molar-refractivity contribution in [2.45, 2.75) is 11.1 Å². The van der Waals surface area contributed by atoms with Gasteiger partial charge in [-0.2, -0.15) is 13.2 Å². The number of benzene rings is 1. The maximum atomic E-state index is 12.5. The van der Waals surface area contributed by atoms with E-state index in [2.05, 4.69) is 4.98 Å². The van der Waals surface area contributed by atoms with E-state index in [1.54, 1.807) is 12.3 Å². The predicted molar refractivity (Wildman–Crippen MR) is 71.5 cm³/mol. The molecule has 0 saturated heterocycles. The van der Waals surface area contributed by atoms with Crippen molar-refractivity contribution in [2.75, 3.05) is 6.26 Å². The van der Waals surface area contributed by atoms with Gasteiger partial charge in [-0.05, 0) is 30.5 Å². The first kappa shape index (κ1) is 17.4. The normalized spacial score (nSPS) is 11.1. The maximum Gasteiger partial charge on any atom is 0.416 e. The molecule has 20 heavy (non-hydrogen) atoms. The zero-order valence-electron chi connectivity index (χ0n) is 10.3. The van der Waals surface area contributed by atoms with E-state index in [0.29, 0.717) is 11.3 Å². The van der Waals surface area contributed by atoms with Gasteiger partial charge in [0.15, 0.2) is 0 Å². The second-order valence-electron chi connectivity index (χ2n) is 3.78. The topological polar surface area (TPSA) is 12.9 Å². The monoisotopic (exact) mass is 354 g/mol. The molecule has 0 spiro atoms. The SMILES string of the molecule is CSc1ccc(-c2ccc(C(F)(F)F)cc2Cl)nc1.[V]. The van der Waals surface area contributed by atoms with Crippen LogP contribution in [0.15, 0.2) is 41.4 Å². The molecule has 0 atom stereocenters. The van der Waals surface area contributed by atoms with Gasteiger partial charge in [-0.3, -0.25) is 4.98 Å². The van der Waals surface area contributed by atoms with E-state index in [4.69, 9.17) is 11.6 Å². The number of pyridine rings is 1. The van der Waals surface area contributed by atoms with E-state index < -0.39 is 11.7 Å². The van der Waals surface area contributed by atoms with Crippen molar-refractivity contribution in [3.63, 3.8) is 0 Å². The van der Waals surface area contributed by atoms with Crippen molar-refractivity contribution >= 4 is 23.4 Å². The fraction of sp³-hybridized carbons (Fsp3) is 0.154. The second-order valence-corrected chi connectivity index (χ2v) is 5.06. The van der Waals surface area contributed by atoms with E-state index in [9.17, 15) is 13.2 Å². The Hall–Kier alpha value is -0.616. The van der Waals surface area contributed by atoms with E-state index in [-0.39, 0.29) is 23.6 Å². The molecule has 1 heterocycles. The Morgan fingerprint density at radius 2 is 1.85 bits per heavy atom. The fourth-order valence-electron chi connectivity index (χ4n) is 1.56. The summed E-state index contributed by atoms with van der Waals surface area (Å²) < 4.78 is 37.6. The van der Waals surface area contributed by atoms with E-state index >= 15 is 0 Å². The molecule has 0 N–H and O–H groups in total. The maximum absolute atomic E-state index is 12.5. The van der Waals surface area contributed by atoms with E-state index in [0.717, 1.165) is 17.0 Å². The van der Waals surface area contributed by atoms with Crippen LogP contribution in [-0.2, 0) is 24.7 Å². The number of alkyl halides is 3. The van der Waals surface area contributed by atoms with Gasteiger partial charge in [0.25, 0.3) is 0 Å². The number of rotatable bonds is 2. The Labute approximate surface area is 135 Å². The third-order valence-electron chi connectivity index (χ3n) is 2.54. The minimum Gasteiger partial charge on any atom is -0.255 e. The Morgan fingerprint density at radius 3 is 2.30 bits per heavy atom. The summed E-state index contributed by atoms with van der Waals surface area (Å²) in [6, 6.07) is 6.85. The summed E-state index contributed by atoms with van der Waals surface area (Å²) in [5.74, 6) is 0. The number of thioether (sulfide) groups is 1. The molecule has 7 heteroatoms. The molecule has 0 fully saturated rings. The molecule has 0 saturated carbocycles. The van der Waals surface area contributed by atoms with Gasteiger partial charge in [0.05, 0.1) is 16.3 Å². The summed E-state index contributed by atoms with van der Waals surface area (Å²) in [5.41, 5.74) is 0.279. The van der Waals surface area contributed by atoms with Gasteiger partial charge < -0.3 is 0 Å². The average Bonchev–Trinajstić information content (AvgIpc) is 2.38. The van der Waals surface area contributed by atoms with Crippen LogP contribution in [0.2, 0.25) is 5.02 Å². The molecule has 0 amide bonds. The number of aromatic nitrogens is 1. The Bertz CT molecular complexity index is 587. The van der Waals surface area contributed by atoms with Gasteiger partial charge in [-0.25, -0.2) is 0 Å². The smallest absolute Gasteiger partial charge is 0.255 e. The van der Waals surface area contributed by atoms with Gasteiger partial charge in [0.2, 0.25) is 0 Å². The Morgan fingerprint density at radius 1 is 1.15 bits per heavy atom. The van der Waals surface area contributed by atoms with Crippen molar-refractivity contribution < 1.29 is 31.7 Å². The molecule has 0 aliphatic rings. The fourth-order valence-corrected chi connectivity index (χ4v) is 2.20. The number of hydrogen-bond donors (Lipinski definition) is 0. The molecule has 1 aromatic carbocycles. The van der Waals surface area contributed by atoms with Crippen LogP contribution in [0.3, 0.4) is 0 Å². The summed E-state index contributed by atoms with van der Waals surface area (Å²) in [6.07, 6.45) is -0.811. The summed E-state index contributed by atoms with van der Waals surface area (Å²) in [4.78, 5) is 5.16. The van der Waals surface area contributed by atoms with Crippen LogP contribution in [0, 0.1) is 0 Å². The van der Waals surface area contributed by atoms with Crippen molar-refractivity contribution in [2.24, 2.45) is 0 Å².